The van der Waals surface area contributed by atoms with Crippen LogP contribution in [0.3, 0.4) is 0 Å². The average Bonchev–Trinajstić information content (AvgIpc) is 2.77. The van der Waals surface area contributed by atoms with E-state index in [1.54, 1.807) is 19.2 Å². The molecule has 0 fully saturated rings. The van der Waals surface area contributed by atoms with Gasteiger partial charge in [0.25, 0.3) is 5.76 Å². The molecule has 0 aliphatic carbocycles. The molecule has 0 saturated heterocycles. The highest BCUT2D eigenvalue weighted by Crippen LogP contribution is 2.32. The molecule has 90 valence electrons. The van der Waals surface area contributed by atoms with Crippen molar-refractivity contribution in [1.29, 1.82) is 0 Å². The summed E-state index contributed by atoms with van der Waals surface area (Å²) < 4.78 is 29.5. The average molecular weight is 274 g/mol. The third-order valence-corrected chi connectivity index (χ3v) is 3.70. The van der Waals surface area contributed by atoms with Crippen molar-refractivity contribution in [3.05, 3.63) is 24.3 Å². The van der Waals surface area contributed by atoms with E-state index in [1.165, 1.54) is 0 Å². The Morgan fingerprint density at radius 2 is 1.94 bits per heavy atom. The van der Waals surface area contributed by atoms with Crippen LogP contribution in [0, 0.1) is 0 Å². The normalized spacial score (nSPS) is 10.8. The van der Waals surface area contributed by atoms with Gasteiger partial charge in [-0.15, -0.1) is 10.2 Å². The van der Waals surface area contributed by atoms with Gasteiger partial charge in [-0.1, -0.05) is 11.3 Å². The van der Waals surface area contributed by atoms with Crippen LogP contribution < -0.4 is 4.74 Å². The quantitative estimate of drug-likeness (QED) is 0.799. The van der Waals surface area contributed by atoms with Gasteiger partial charge >= 0.3 is 0 Å². The summed E-state index contributed by atoms with van der Waals surface area (Å²) in [6.07, 6.45) is 0. The van der Waals surface area contributed by atoms with Crippen molar-refractivity contribution in [3.8, 4) is 16.3 Å². The molecule has 1 heterocycles. The molecular formula is C10H8F2N2OS2. The van der Waals surface area contributed by atoms with E-state index in [9.17, 15) is 8.78 Å². The van der Waals surface area contributed by atoms with Crippen molar-refractivity contribution >= 4 is 23.1 Å². The van der Waals surface area contributed by atoms with E-state index in [-0.39, 0.29) is 4.34 Å². The number of thioether (sulfide) groups is 1. The third-order valence-electron chi connectivity index (χ3n) is 1.93. The Balaban J connectivity index is 2.18. The Morgan fingerprint density at radius 3 is 2.53 bits per heavy atom. The second kappa shape index (κ2) is 5.42. The van der Waals surface area contributed by atoms with Gasteiger partial charge in [-0.05, 0) is 36.0 Å². The molecule has 0 spiro atoms. The standard InChI is InChI=1S/C10H8F2N2OS2/c1-15-7-4-2-6(3-5-7)8-13-14-10(16-8)17-9(11)12/h2-5,9H,1H3. The van der Waals surface area contributed by atoms with E-state index in [0.717, 1.165) is 22.6 Å². The summed E-state index contributed by atoms with van der Waals surface area (Å²) >= 11 is 1.56. The van der Waals surface area contributed by atoms with Gasteiger partial charge in [0.15, 0.2) is 4.34 Å². The molecule has 0 bridgehead atoms. The Morgan fingerprint density at radius 1 is 1.24 bits per heavy atom. The number of nitrogens with zero attached hydrogens (tertiary/aromatic N) is 2. The van der Waals surface area contributed by atoms with Crippen LogP contribution in [0.15, 0.2) is 28.6 Å². The van der Waals surface area contributed by atoms with Gasteiger partial charge in [0.2, 0.25) is 0 Å². The fourth-order valence-electron chi connectivity index (χ4n) is 1.18. The maximum absolute atomic E-state index is 12.1. The second-order valence-electron chi connectivity index (χ2n) is 2.98. The highest BCUT2D eigenvalue weighted by molar-refractivity contribution is 8.01. The molecule has 3 nitrogen and oxygen atoms in total. The molecule has 17 heavy (non-hydrogen) atoms. The number of aromatic nitrogens is 2. The molecule has 0 aliphatic heterocycles. The fraction of sp³-hybridized carbons (Fsp3) is 0.200. The largest absolute Gasteiger partial charge is 0.497 e. The van der Waals surface area contributed by atoms with Gasteiger partial charge < -0.3 is 4.74 Å². The zero-order valence-electron chi connectivity index (χ0n) is 8.76. The minimum atomic E-state index is -2.47. The predicted octanol–water partition coefficient (Wildman–Crippen LogP) is 3.53. The lowest BCUT2D eigenvalue weighted by Crippen LogP contribution is -1.82. The van der Waals surface area contributed by atoms with Gasteiger partial charge in [-0.2, -0.15) is 8.78 Å². The topological polar surface area (TPSA) is 35.0 Å². The first-order chi connectivity index (χ1) is 8.19. The van der Waals surface area contributed by atoms with Crippen LogP contribution in [-0.2, 0) is 0 Å². The molecule has 2 aromatic rings. The molecular weight excluding hydrogens is 266 g/mol. The van der Waals surface area contributed by atoms with E-state index in [1.807, 2.05) is 12.1 Å². The first-order valence-electron chi connectivity index (χ1n) is 4.62. The Bertz CT molecular complexity index is 487. The third kappa shape index (κ3) is 3.13. The van der Waals surface area contributed by atoms with Crippen LogP contribution in [-0.4, -0.2) is 23.1 Å². The maximum atomic E-state index is 12.1. The molecule has 7 heteroatoms. The van der Waals surface area contributed by atoms with E-state index in [0.29, 0.717) is 16.8 Å². The molecule has 0 aliphatic rings. The highest BCUT2D eigenvalue weighted by atomic mass is 32.2. The van der Waals surface area contributed by atoms with Crippen molar-refractivity contribution in [2.75, 3.05) is 7.11 Å². The van der Waals surface area contributed by atoms with Gasteiger partial charge in [0, 0.05) is 5.56 Å². The molecule has 0 amide bonds. The summed E-state index contributed by atoms with van der Waals surface area (Å²) in [6.45, 7) is 0. The second-order valence-corrected chi connectivity index (χ2v) is 5.19. The van der Waals surface area contributed by atoms with Crippen molar-refractivity contribution in [1.82, 2.24) is 10.2 Å². The number of ether oxygens (including phenoxy) is 1. The summed E-state index contributed by atoms with van der Waals surface area (Å²) in [5.74, 6) is -1.73. The molecule has 2 rings (SSSR count). The van der Waals surface area contributed by atoms with Crippen LogP contribution in [0.1, 0.15) is 0 Å². The van der Waals surface area contributed by atoms with Gasteiger partial charge in [-0.3, -0.25) is 0 Å². The molecule has 0 saturated carbocycles. The number of hydrogen-bond donors (Lipinski definition) is 0. The maximum Gasteiger partial charge on any atom is 0.291 e. The van der Waals surface area contributed by atoms with E-state index in [4.69, 9.17) is 4.74 Å². The SMILES string of the molecule is COc1ccc(-c2nnc(SC(F)F)s2)cc1. The van der Waals surface area contributed by atoms with Gasteiger partial charge in [-0.25, -0.2) is 0 Å². The first kappa shape index (κ1) is 12.3. The number of methoxy groups -OCH3 is 1. The first-order valence-corrected chi connectivity index (χ1v) is 6.31. The summed E-state index contributed by atoms with van der Waals surface area (Å²) in [5.41, 5.74) is 0.837. The number of rotatable bonds is 4. The monoisotopic (exact) mass is 274 g/mol. The summed E-state index contributed by atoms with van der Waals surface area (Å²) in [7, 11) is 1.58. The molecule has 0 unspecified atom stereocenters. The van der Waals surface area contributed by atoms with Crippen molar-refractivity contribution in [3.63, 3.8) is 0 Å². The van der Waals surface area contributed by atoms with Crippen molar-refractivity contribution in [2.45, 2.75) is 10.1 Å². The lowest BCUT2D eigenvalue weighted by Gasteiger charge is -1.99. The highest BCUT2D eigenvalue weighted by Gasteiger charge is 2.12. The van der Waals surface area contributed by atoms with Gasteiger partial charge in [0.05, 0.1) is 7.11 Å². The van der Waals surface area contributed by atoms with Crippen molar-refractivity contribution < 1.29 is 13.5 Å². The van der Waals surface area contributed by atoms with E-state index in [2.05, 4.69) is 10.2 Å². The molecule has 0 radical (unpaired) electrons. The van der Waals surface area contributed by atoms with E-state index < -0.39 is 5.76 Å². The Labute approximate surface area is 105 Å². The van der Waals surface area contributed by atoms with Crippen LogP contribution in [0.4, 0.5) is 8.78 Å². The number of benzene rings is 1. The summed E-state index contributed by atoms with van der Waals surface area (Å²) in [5, 5.41) is 8.19. The lowest BCUT2D eigenvalue weighted by molar-refractivity contribution is 0.252. The molecule has 1 aromatic heterocycles. The Hall–Kier alpha value is -1.21. The number of alkyl halides is 2. The molecule has 1 aromatic carbocycles. The molecule has 0 atom stereocenters. The van der Waals surface area contributed by atoms with Crippen molar-refractivity contribution in [2.24, 2.45) is 0 Å². The zero-order valence-corrected chi connectivity index (χ0v) is 10.4. The zero-order chi connectivity index (χ0) is 12.3. The van der Waals surface area contributed by atoms with Crippen LogP contribution in [0.5, 0.6) is 5.75 Å². The minimum Gasteiger partial charge on any atom is -0.497 e. The summed E-state index contributed by atoms with van der Waals surface area (Å²) in [6, 6.07) is 7.21. The van der Waals surface area contributed by atoms with Crippen LogP contribution in [0.25, 0.3) is 10.6 Å². The summed E-state index contributed by atoms with van der Waals surface area (Å²) in [4.78, 5) is 0. The predicted molar refractivity (Wildman–Crippen MR) is 63.8 cm³/mol. The minimum absolute atomic E-state index is 0.269. The lowest BCUT2D eigenvalue weighted by atomic mass is 10.2. The van der Waals surface area contributed by atoms with E-state index >= 15 is 0 Å². The van der Waals surface area contributed by atoms with Crippen LogP contribution in [0.2, 0.25) is 0 Å². The number of halogens is 2. The Kier molecular flexibility index (Phi) is 3.90. The molecule has 0 N–H and O–H groups in total. The number of hydrogen-bond acceptors (Lipinski definition) is 5. The van der Waals surface area contributed by atoms with Crippen LogP contribution >= 0.6 is 23.1 Å². The van der Waals surface area contributed by atoms with Gasteiger partial charge in [0.1, 0.15) is 10.8 Å². The fourth-order valence-corrected chi connectivity index (χ4v) is 2.65. The smallest absolute Gasteiger partial charge is 0.291 e.